The number of imidazole rings is 1. The number of nitrogen functional groups attached to an aromatic ring is 1. The Morgan fingerprint density at radius 1 is 1.06 bits per heavy atom. The molecule has 2 heterocycles. The number of hydrogen-bond donors (Lipinski definition) is 1. The molecule has 3 nitrogen and oxygen atoms in total. The molecular weight excluding hydrogens is 222 g/mol. The number of nitrogens with zero attached hydrogens (tertiary/aromatic N) is 2. The Kier molecular flexibility index (Phi) is 2.33. The molecule has 0 fully saturated rings. The molecule has 0 aliphatic rings. The molecule has 0 spiro atoms. The van der Waals surface area contributed by atoms with Gasteiger partial charge in [-0.2, -0.15) is 0 Å². The van der Waals surface area contributed by atoms with Crippen LogP contribution in [0.4, 0.5) is 5.69 Å². The summed E-state index contributed by atoms with van der Waals surface area (Å²) >= 11 is 0. The summed E-state index contributed by atoms with van der Waals surface area (Å²) in [5.41, 5.74) is 12.1. The van der Waals surface area contributed by atoms with Crippen molar-refractivity contribution in [1.82, 2.24) is 9.38 Å². The molecule has 1 aromatic carbocycles. The Morgan fingerprint density at radius 3 is 2.61 bits per heavy atom. The molecule has 3 rings (SSSR count). The first-order valence-electron chi connectivity index (χ1n) is 5.96. The van der Waals surface area contributed by atoms with Gasteiger partial charge < -0.3 is 10.1 Å². The van der Waals surface area contributed by atoms with Crippen LogP contribution >= 0.6 is 0 Å². The van der Waals surface area contributed by atoms with Crippen LogP contribution in [0, 0.1) is 13.8 Å². The summed E-state index contributed by atoms with van der Waals surface area (Å²) in [7, 11) is 0. The quantitative estimate of drug-likeness (QED) is 0.706. The molecule has 2 aromatic heterocycles. The van der Waals surface area contributed by atoms with Crippen molar-refractivity contribution in [1.29, 1.82) is 0 Å². The van der Waals surface area contributed by atoms with E-state index >= 15 is 0 Å². The summed E-state index contributed by atoms with van der Waals surface area (Å²) in [5, 5.41) is 0. The van der Waals surface area contributed by atoms with Gasteiger partial charge >= 0.3 is 0 Å². The third-order valence-corrected chi connectivity index (χ3v) is 3.26. The van der Waals surface area contributed by atoms with E-state index in [4.69, 9.17) is 5.73 Å². The Morgan fingerprint density at radius 2 is 1.83 bits per heavy atom. The average molecular weight is 237 g/mol. The Bertz CT molecular complexity index is 687. The van der Waals surface area contributed by atoms with Crippen LogP contribution in [0.2, 0.25) is 0 Å². The number of aryl methyl sites for hydroxylation is 2. The summed E-state index contributed by atoms with van der Waals surface area (Å²) in [6.07, 6.45) is 3.94. The molecule has 0 saturated carbocycles. The lowest BCUT2D eigenvalue weighted by molar-refractivity contribution is 1.18. The van der Waals surface area contributed by atoms with E-state index < -0.39 is 0 Å². The van der Waals surface area contributed by atoms with Crippen LogP contribution in [-0.4, -0.2) is 9.38 Å². The lowest BCUT2D eigenvalue weighted by atomic mass is 10.1. The van der Waals surface area contributed by atoms with E-state index in [2.05, 4.69) is 24.0 Å². The van der Waals surface area contributed by atoms with Gasteiger partial charge in [0.2, 0.25) is 0 Å². The summed E-state index contributed by atoms with van der Waals surface area (Å²) in [6, 6.07) is 10.3. The minimum absolute atomic E-state index is 0.788. The topological polar surface area (TPSA) is 43.3 Å². The van der Waals surface area contributed by atoms with Gasteiger partial charge in [-0.15, -0.1) is 0 Å². The molecule has 0 unspecified atom stereocenters. The minimum Gasteiger partial charge on any atom is -0.397 e. The van der Waals surface area contributed by atoms with E-state index in [1.165, 1.54) is 5.56 Å². The molecule has 0 radical (unpaired) electrons. The molecule has 3 aromatic rings. The highest BCUT2D eigenvalue weighted by molar-refractivity contribution is 5.67. The summed E-state index contributed by atoms with van der Waals surface area (Å²) in [4.78, 5) is 4.65. The van der Waals surface area contributed by atoms with Crippen LogP contribution in [0.1, 0.15) is 11.1 Å². The van der Waals surface area contributed by atoms with Gasteiger partial charge in [0.05, 0.1) is 11.4 Å². The summed E-state index contributed by atoms with van der Waals surface area (Å²) in [6.45, 7) is 4.09. The van der Waals surface area contributed by atoms with Gasteiger partial charge in [-0.3, -0.25) is 0 Å². The lowest BCUT2D eigenvalue weighted by Gasteiger charge is -1.99. The van der Waals surface area contributed by atoms with Gasteiger partial charge in [0, 0.05) is 18.0 Å². The van der Waals surface area contributed by atoms with Crippen molar-refractivity contribution in [3.63, 3.8) is 0 Å². The van der Waals surface area contributed by atoms with E-state index in [1.54, 1.807) is 0 Å². The molecule has 0 saturated heterocycles. The smallest absolute Gasteiger partial charge is 0.137 e. The largest absolute Gasteiger partial charge is 0.397 e. The molecule has 0 bridgehead atoms. The van der Waals surface area contributed by atoms with Crippen molar-refractivity contribution in [2.75, 3.05) is 5.73 Å². The molecule has 0 atom stereocenters. The predicted molar refractivity (Wildman–Crippen MR) is 74.5 cm³/mol. The van der Waals surface area contributed by atoms with Crippen LogP contribution in [0.3, 0.4) is 0 Å². The van der Waals surface area contributed by atoms with Gasteiger partial charge in [-0.1, -0.05) is 24.3 Å². The third-order valence-electron chi connectivity index (χ3n) is 3.26. The van der Waals surface area contributed by atoms with E-state index in [1.807, 2.05) is 41.9 Å². The monoisotopic (exact) mass is 237 g/mol. The number of aromatic nitrogens is 2. The molecule has 90 valence electrons. The van der Waals surface area contributed by atoms with Crippen LogP contribution in [0.15, 0.2) is 42.7 Å². The predicted octanol–water partition coefficient (Wildman–Crippen LogP) is 3.20. The fourth-order valence-corrected chi connectivity index (χ4v) is 2.14. The zero-order chi connectivity index (χ0) is 12.7. The van der Waals surface area contributed by atoms with Gasteiger partial charge in [-0.25, -0.2) is 4.98 Å². The maximum Gasteiger partial charge on any atom is 0.137 e. The summed E-state index contributed by atoms with van der Waals surface area (Å²) < 4.78 is 1.98. The second-order valence-electron chi connectivity index (χ2n) is 4.62. The van der Waals surface area contributed by atoms with Gasteiger partial charge in [0.1, 0.15) is 5.65 Å². The molecule has 0 aliphatic heterocycles. The van der Waals surface area contributed by atoms with Crippen LogP contribution < -0.4 is 5.73 Å². The van der Waals surface area contributed by atoms with Crippen LogP contribution in [-0.2, 0) is 0 Å². The average Bonchev–Trinajstić information content (AvgIpc) is 2.73. The summed E-state index contributed by atoms with van der Waals surface area (Å²) in [5.74, 6) is 0. The second-order valence-corrected chi connectivity index (χ2v) is 4.62. The van der Waals surface area contributed by atoms with E-state index in [0.29, 0.717) is 0 Å². The van der Waals surface area contributed by atoms with E-state index in [-0.39, 0.29) is 0 Å². The number of anilines is 1. The first kappa shape index (κ1) is 10.8. The van der Waals surface area contributed by atoms with Crippen molar-refractivity contribution in [3.8, 4) is 11.3 Å². The van der Waals surface area contributed by atoms with Crippen LogP contribution in [0.5, 0.6) is 0 Å². The minimum atomic E-state index is 0.788. The van der Waals surface area contributed by atoms with E-state index in [0.717, 1.165) is 28.2 Å². The number of rotatable bonds is 1. The zero-order valence-corrected chi connectivity index (χ0v) is 10.5. The first-order valence-corrected chi connectivity index (χ1v) is 5.96. The number of nitrogens with two attached hydrogens (primary N) is 1. The van der Waals surface area contributed by atoms with Crippen molar-refractivity contribution < 1.29 is 0 Å². The van der Waals surface area contributed by atoms with Crippen molar-refractivity contribution in [2.45, 2.75) is 13.8 Å². The maximum atomic E-state index is 5.92. The molecule has 3 heteroatoms. The molecular formula is C15H15N3. The zero-order valence-electron chi connectivity index (χ0n) is 10.5. The number of pyridine rings is 1. The first-order chi connectivity index (χ1) is 8.65. The maximum absolute atomic E-state index is 5.92. The molecule has 18 heavy (non-hydrogen) atoms. The highest BCUT2D eigenvalue weighted by Crippen LogP contribution is 2.24. The Labute approximate surface area is 106 Å². The second kappa shape index (κ2) is 3.88. The highest BCUT2D eigenvalue weighted by atomic mass is 15.0. The number of hydrogen-bond acceptors (Lipinski definition) is 2. The standard InChI is InChI=1S/C15H15N3/c1-10-5-3-4-6-12(10)14-9-18-8-13(16)11(2)7-15(18)17-14/h3-9H,16H2,1-2H3. The normalized spacial score (nSPS) is 11.0. The SMILES string of the molecule is Cc1cc2nc(-c3ccccc3C)cn2cc1N. The fourth-order valence-electron chi connectivity index (χ4n) is 2.14. The van der Waals surface area contributed by atoms with Gasteiger partial charge in [0.15, 0.2) is 0 Å². The van der Waals surface area contributed by atoms with Crippen LogP contribution in [0.25, 0.3) is 16.9 Å². The Balaban J connectivity index is 2.23. The van der Waals surface area contributed by atoms with Crippen molar-refractivity contribution in [2.24, 2.45) is 0 Å². The fraction of sp³-hybridized carbons (Fsp3) is 0.133. The van der Waals surface area contributed by atoms with Gasteiger partial charge in [0.25, 0.3) is 0 Å². The number of fused-ring (bicyclic) bond motifs is 1. The van der Waals surface area contributed by atoms with Crippen molar-refractivity contribution >= 4 is 11.3 Å². The lowest BCUT2D eigenvalue weighted by Crippen LogP contribution is -1.93. The molecule has 0 amide bonds. The molecule has 0 aliphatic carbocycles. The Hall–Kier alpha value is -2.29. The third kappa shape index (κ3) is 1.64. The van der Waals surface area contributed by atoms with Crippen molar-refractivity contribution in [3.05, 3.63) is 53.9 Å². The van der Waals surface area contributed by atoms with E-state index in [9.17, 15) is 0 Å². The molecule has 2 N–H and O–H groups in total. The number of benzene rings is 1. The van der Waals surface area contributed by atoms with Gasteiger partial charge in [-0.05, 0) is 31.0 Å². The highest BCUT2D eigenvalue weighted by Gasteiger charge is 2.07.